The van der Waals surface area contributed by atoms with Crippen LogP contribution in [0.1, 0.15) is 46.3 Å². The van der Waals surface area contributed by atoms with E-state index in [0.717, 1.165) is 31.2 Å². The molecule has 1 fully saturated rings. The van der Waals surface area contributed by atoms with E-state index in [2.05, 4.69) is 32.7 Å². The van der Waals surface area contributed by atoms with Gasteiger partial charge in [0.05, 0.1) is 18.1 Å². The molecule has 2 unspecified atom stereocenters. The van der Waals surface area contributed by atoms with E-state index < -0.39 is 11.3 Å². The van der Waals surface area contributed by atoms with E-state index in [4.69, 9.17) is 4.42 Å². The normalized spacial score (nSPS) is 17.8. The van der Waals surface area contributed by atoms with Crippen molar-refractivity contribution in [2.75, 3.05) is 18.0 Å². The molecule has 0 radical (unpaired) electrons. The van der Waals surface area contributed by atoms with Crippen LogP contribution in [0.3, 0.4) is 0 Å². The Morgan fingerprint density at radius 2 is 2.13 bits per heavy atom. The summed E-state index contributed by atoms with van der Waals surface area (Å²) in [5, 5.41) is 13.9. The molecule has 1 saturated heterocycles. The number of thioether (sulfide) groups is 1. The molecule has 0 aromatic carbocycles. The number of anilines is 1. The van der Waals surface area contributed by atoms with Crippen molar-refractivity contribution in [3.05, 3.63) is 24.2 Å². The molecule has 9 nitrogen and oxygen atoms in total. The summed E-state index contributed by atoms with van der Waals surface area (Å²) in [6.07, 6.45) is 3.96. The minimum absolute atomic E-state index is 0.0494. The summed E-state index contributed by atoms with van der Waals surface area (Å²) in [6.45, 7) is 9.99. The molecule has 0 saturated carbocycles. The number of carbonyl (C=O) groups is 2. The van der Waals surface area contributed by atoms with Crippen LogP contribution in [0, 0.1) is 5.92 Å². The third kappa shape index (κ3) is 5.78. The van der Waals surface area contributed by atoms with Crippen molar-refractivity contribution < 1.29 is 14.0 Å². The summed E-state index contributed by atoms with van der Waals surface area (Å²) in [5.74, 6) is 1.79. The predicted octanol–water partition coefficient (Wildman–Crippen LogP) is 2.87. The van der Waals surface area contributed by atoms with E-state index in [9.17, 15) is 9.59 Å². The first kappa shape index (κ1) is 22.2. The summed E-state index contributed by atoms with van der Waals surface area (Å²) in [7, 11) is 0. The number of amides is 3. The van der Waals surface area contributed by atoms with Gasteiger partial charge in [-0.25, -0.2) is 4.79 Å². The number of carbonyl (C=O) groups excluding carboxylic acids is 2. The van der Waals surface area contributed by atoms with Crippen molar-refractivity contribution in [2.45, 2.75) is 63.5 Å². The lowest BCUT2D eigenvalue weighted by Gasteiger charge is -2.31. The Morgan fingerprint density at radius 3 is 2.80 bits per heavy atom. The highest BCUT2D eigenvalue weighted by atomic mass is 32.2. The molecule has 2 aromatic rings. The van der Waals surface area contributed by atoms with Gasteiger partial charge in [-0.2, -0.15) is 0 Å². The van der Waals surface area contributed by atoms with Crippen LogP contribution in [-0.4, -0.2) is 51.1 Å². The average Bonchev–Trinajstić information content (AvgIpc) is 3.32. The Hall–Kier alpha value is -2.49. The van der Waals surface area contributed by atoms with Crippen molar-refractivity contribution in [3.8, 4) is 0 Å². The number of aromatic nitrogens is 3. The summed E-state index contributed by atoms with van der Waals surface area (Å²) in [4.78, 5) is 26.5. The van der Waals surface area contributed by atoms with Gasteiger partial charge < -0.3 is 14.6 Å². The second kappa shape index (κ2) is 10.0. The predicted molar refractivity (Wildman–Crippen MR) is 116 cm³/mol. The van der Waals surface area contributed by atoms with E-state index in [0.29, 0.717) is 17.6 Å². The average molecular weight is 435 g/mol. The molecule has 0 spiro atoms. The molecule has 3 amide bonds. The zero-order chi connectivity index (χ0) is 21.7. The van der Waals surface area contributed by atoms with Crippen molar-refractivity contribution in [2.24, 2.45) is 5.92 Å². The number of furan rings is 1. The fraction of sp³-hybridized carbons (Fsp3) is 0.600. The third-order valence-corrected chi connectivity index (χ3v) is 5.92. The van der Waals surface area contributed by atoms with Gasteiger partial charge in [-0.15, -0.1) is 10.2 Å². The maximum Gasteiger partial charge on any atom is 0.321 e. The van der Waals surface area contributed by atoms with Gasteiger partial charge in [-0.05, 0) is 51.7 Å². The highest BCUT2D eigenvalue weighted by molar-refractivity contribution is 8.00. The standard InChI is InChI=1S/C20H30N6O3S/c1-13(2)21-18(28)22-17(27)15(4)30-20-24-23-19(25-9-5-7-14(3)11-25)26(20)12-16-8-6-10-29-16/h6,8,10,13-15H,5,7,9,11-12H2,1-4H3,(H2,21,22,27,28). The minimum atomic E-state index is -0.518. The molecule has 2 N–H and O–H groups in total. The zero-order valence-corrected chi connectivity index (χ0v) is 18.7. The number of urea groups is 1. The van der Waals surface area contributed by atoms with Crippen LogP contribution in [-0.2, 0) is 11.3 Å². The van der Waals surface area contributed by atoms with Gasteiger partial charge in [-0.3, -0.25) is 14.7 Å². The molecule has 30 heavy (non-hydrogen) atoms. The first-order chi connectivity index (χ1) is 14.3. The maximum atomic E-state index is 12.4. The van der Waals surface area contributed by atoms with Gasteiger partial charge in [0.1, 0.15) is 5.76 Å². The van der Waals surface area contributed by atoms with E-state index >= 15 is 0 Å². The summed E-state index contributed by atoms with van der Waals surface area (Å²) >= 11 is 1.28. The Balaban J connectivity index is 1.76. The molecule has 0 aliphatic carbocycles. The number of hydrogen-bond donors (Lipinski definition) is 2. The SMILES string of the molecule is CC1CCCN(c2nnc(SC(C)C(=O)NC(=O)NC(C)C)n2Cc2ccco2)C1. The van der Waals surface area contributed by atoms with Crippen molar-refractivity contribution in [1.29, 1.82) is 0 Å². The van der Waals surface area contributed by atoms with Crippen LogP contribution >= 0.6 is 11.8 Å². The van der Waals surface area contributed by atoms with Gasteiger partial charge in [-0.1, -0.05) is 18.7 Å². The Kier molecular flexibility index (Phi) is 7.41. The first-order valence-electron chi connectivity index (χ1n) is 10.3. The number of piperidine rings is 1. The fourth-order valence-corrected chi connectivity index (χ4v) is 4.24. The molecule has 164 valence electrons. The number of rotatable bonds is 7. The maximum absolute atomic E-state index is 12.4. The fourth-order valence-electron chi connectivity index (χ4n) is 3.39. The van der Waals surface area contributed by atoms with E-state index in [1.165, 1.54) is 18.2 Å². The van der Waals surface area contributed by atoms with Crippen molar-refractivity contribution in [1.82, 2.24) is 25.4 Å². The lowest BCUT2D eigenvalue weighted by atomic mass is 10.0. The van der Waals surface area contributed by atoms with Crippen LogP contribution in [0.15, 0.2) is 28.0 Å². The highest BCUT2D eigenvalue weighted by Crippen LogP contribution is 2.29. The smallest absolute Gasteiger partial charge is 0.321 e. The summed E-state index contributed by atoms with van der Waals surface area (Å²) in [5.41, 5.74) is 0. The second-order valence-electron chi connectivity index (χ2n) is 8.02. The zero-order valence-electron chi connectivity index (χ0n) is 17.9. The first-order valence-corrected chi connectivity index (χ1v) is 11.2. The topological polar surface area (TPSA) is 105 Å². The molecular formula is C20H30N6O3S. The molecule has 1 aliphatic heterocycles. The number of imide groups is 1. The van der Waals surface area contributed by atoms with Gasteiger partial charge in [0.15, 0.2) is 5.16 Å². The number of hydrogen-bond acceptors (Lipinski definition) is 7. The third-order valence-electron chi connectivity index (χ3n) is 4.84. The Morgan fingerprint density at radius 1 is 1.33 bits per heavy atom. The molecule has 3 heterocycles. The molecule has 1 aliphatic rings. The van der Waals surface area contributed by atoms with Crippen molar-refractivity contribution in [3.63, 3.8) is 0 Å². The summed E-state index contributed by atoms with van der Waals surface area (Å²) in [6, 6.07) is 3.20. The molecule has 2 atom stereocenters. The van der Waals surface area contributed by atoms with E-state index in [1.807, 2.05) is 30.5 Å². The van der Waals surface area contributed by atoms with Crippen molar-refractivity contribution >= 4 is 29.6 Å². The van der Waals surface area contributed by atoms with Crippen LogP contribution in [0.2, 0.25) is 0 Å². The lowest BCUT2D eigenvalue weighted by molar-refractivity contribution is -0.119. The monoisotopic (exact) mass is 434 g/mol. The summed E-state index contributed by atoms with van der Waals surface area (Å²) < 4.78 is 7.52. The molecule has 2 aromatic heterocycles. The van der Waals surface area contributed by atoms with Gasteiger partial charge in [0.25, 0.3) is 0 Å². The van der Waals surface area contributed by atoms with Gasteiger partial charge in [0, 0.05) is 19.1 Å². The largest absolute Gasteiger partial charge is 0.467 e. The molecule has 3 rings (SSSR count). The van der Waals surface area contributed by atoms with E-state index in [1.54, 1.807) is 13.2 Å². The van der Waals surface area contributed by atoms with E-state index in [-0.39, 0.29) is 11.9 Å². The van der Waals surface area contributed by atoms with Crippen LogP contribution in [0.4, 0.5) is 10.7 Å². The lowest BCUT2D eigenvalue weighted by Crippen LogP contribution is -2.45. The second-order valence-corrected chi connectivity index (χ2v) is 9.33. The van der Waals surface area contributed by atoms with Crippen LogP contribution in [0.5, 0.6) is 0 Å². The molecule has 10 heteroatoms. The Labute approximate surface area is 181 Å². The number of nitrogens with zero attached hydrogens (tertiary/aromatic N) is 4. The molecular weight excluding hydrogens is 404 g/mol. The molecule has 0 bridgehead atoms. The van der Waals surface area contributed by atoms with Gasteiger partial charge in [0.2, 0.25) is 11.9 Å². The Bertz CT molecular complexity index is 851. The van der Waals surface area contributed by atoms with Crippen LogP contribution < -0.4 is 15.5 Å². The van der Waals surface area contributed by atoms with Crippen LogP contribution in [0.25, 0.3) is 0 Å². The highest BCUT2D eigenvalue weighted by Gasteiger charge is 2.26. The quantitative estimate of drug-likeness (QED) is 0.646. The van der Waals surface area contributed by atoms with Gasteiger partial charge >= 0.3 is 6.03 Å². The minimum Gasteiger partial charge on any atom is -0.467 e. The number of nitrogens with one attached hydrogen (secondary N) is 2.